The molecule has 4 nitrogen and oxygen atoms in total. The molecule has 4 rings (SSSR count). The van der Waals surface area contributed by atoms with Gasteiger partial charge in [0.2, 0.25) is 0 Å². The monoisotopic (exact) mass is 368 g/mol. The molecule has 1 unspecified atom stereocenters. The number of anilines is 1. The molecular formula is C24H20N2O2. The molecule has 138 valence electrons. The normalized spacial score (nSPS) is 16.9. The molecule has 4 heteroatoms. The highest BCUT2D eigenvalue weighted by atomic mass is 16.2. The molecule has 0 aromatic heterocycles. The topological polar surface area (TPSA) is 40.6 Å². The first-order chi connectivity index (χ1) is 13.7. The van der Waals surface area contributed by atoms with E-state index in [0.717, 1.165) is 11.1 Å². The number of carbonyl (C=O) groups excluding carboxylic acids is 2. The van der Waals surface area contributed by atoms with Gasteiger partial charge in [0.15, 0.2) is 0 Å². The number of para-hydroxylation sites is 1. The van der Waals surface area contributed by atoms with Gasteiger partial charge in [-0.15, -0.1) is 0 Å². The molecule has 0 saturated heterocycles. The standard InChI is InChI=1S/C24H20N2O2/c27-22-16-17-25(18-19-10-4-1-5-11-19)24(28)23(20-12-6-2-7-13-20)26(22)21-14-8-3-9-15-21/h1-17,23H,18H2. The molecule has 2 amide bonds. The Morgan fingerprint density at radius 3 is 1.93 bits per heavy atom. The van der Waals surface area contributed by atoms with Gasteiger partial charge >= 0.3 is 0 Å². The van der Waals surface area contributed by atoms with Crippen LogP contribution < -0.4 is 4.90 Å². The third kappa shape index (κ3) is 3.58. The summed E-state index contributed by atoms with van der Waals surface area (Å²) in [6.07, 6.45) is 3.06. The first-order valence-electron chi connectivity index (χ1n) is 9.20. The van der Waals surface area contributed by atoms with Crippen molar-refractivity contribution in [2.75, 3.05) is 4.90 Å². The van der Waals surface area contributed by atoms with Crippen molar-refractivity contribution < 1.29 is 9.59 Å². The zero-order chi connectivity index (χ0) is 19.3. The van der Waals surface area contributed by atoms with E-state index in [1.54, 1.807) is 16.0 Å². The average Bonchev–Trinajstić information content (AvgIpc) is 2.87. The van der Waals surface area contributed by atoms with Crippen molar-refractivity contribution in [3.63, 3.8) is 0 Å². The molecule has 0 aliphatic carbocycles. The fourth-order valence-corrected chi connectivity index (χ4v) is 3.40. The first kappa shape index (κ1) is 17.7. The first-order valence-corrected chi connectivity index (χ1v) is 9.20. The molecule has 1 atom stereocenters. The van der Waals surface area contributed by atoms with Crippen LogP contribution in [0.15, 0.2) is 103 Å². The number of rotatable bonds is 4. The fraction of sp³-hybridized carbons (Fsp3) is 0.0833. The second-order valence-electron chi connectivity index (χ2n) is 6.62. The molecular weight excluding hydrogens is 348 g/mol. The lowest BCUT2D eigenvalue weighted by Gasteiger charge is -2.31. The molecule has 3 aromatic rings. The Morgan fingerprint density at radius 1 is 0.714 bits per heavy atom. The summed E-state index contributed by atoms with van der Waals surface area (Å²) in [6.45, 7) is 0.412. The Kier molecular flexibility index (Phi) is 5.02. The number of amides is 2. The van der Waals surface area contributed by atoms with Crippen LogP contribution in [0.5, 0.6) is 0 Å². The van der Waals surface area contributed by atoms with Crippen molar-refractivity contribution in [2.45, 2.75) is 12.6 Å². The Hall–Kier alpha value is -3.66. The highest BCUT2D eigenvalue weighted by Crippen LogP contribution is 2.31. The lowest BCUT2D eigenvalue weighted by atomic mass is 10.0. The van der Waals surface area contributed by atoms with E-state index in [1.807, 2.05) is 91.0 Å². The third-order valence-electron chi connectivity index (χ3n) is 4.76. The molecule has 0 spiro atoms. The van der Waals surface area contributed by atoms with E-state index in [0.29, 0.717) is 12.2 Å². The van der Waals surface area contributed by atoms with Gasteiger partial charge in [0.1, 0.15) is 6.04 Å². The number of carbonyl (C=O) groups is 2. The maximum Gasteiger partial charge on any atom is 0.254 e. The van der Waals surface area contributed by atoms with Crippen molar-refractivity contribution in [3.05, 3.63) is 114 Å². The third-order valence-corrected chi connectivity index (χ3v) is 4.76. The molecule has 28 heavy (non-hydrogen) atoms. The Balaban J connectivity index is 1.77. The molecule has 0 fully saturated rings. The average molecular weight is 368 g/mol. The van der Waals surface area contributed by atoms with Crippen LogP contribution in [0.1, 0.15) is 17.2 Å². The van der Waals surface area contributed by atoms with Crippen molar-refractivity contribution in [1.82, 2.24) is 4.90 Å². The van der Waals surface area contributed by atoms with E-state index >= 15 is 0 Å². The van der Waals surface area contributed by atoms with Crippen LogP contribution in [-0.4, -0.2) is 16.7 Å². The predicted molar refractivity (Wildman–Crippen MR) is 109 cm³/mol. The van der Waals surface area contributed by atoms with E-state index in [9.17, 15) is 9.59 Å². The van der Waals surface area contributed by atoms with Crippen LogP contribution in [0, 0.1) is 0 Å². The molecule has 1 aliphatic heterocycles. The maximum atomic E-state index is 13.6. The largest absolute Gasteiger partial charge is 0.312 e. The van der Waals surface area contributed by atoms with Gasteiger partial charge in [0.25, 0.3) is 11.8 Å². The predicted octanol–water partition coefficient (Wildman–Crippen LogP) is 4.32. The quantitative estimate of drug-likeness (QED) is 0.688. The molecule has 0 bridgehead atoms. The maximum absolute atomic E-state index is 13.6. The Morgan fingerprint density at radius 2 is 1.29 bits per heavy atom. The van der Waals surface area contributed by atoms with E-state index in [1.165, 1.54) is 6.08 Å². The molecule has 3 aromatic carbocycles. The molecule has 0 N–H and O–H groups in total. The summed E-state index contributed by atoms with van der Waals surface area (Å²) in [5.74, 6) is -0.357. The fourth-order valence-electron chi connectivity index (χ4n) is 3.40. The summed E-state index contributed by atoms with van der Waals surface area (Å²) in [5.41, 5.74) is 2.49. The second-order valence-corrected chi connectivity index (χ2v) is 6.62. The summed E-state index contributed by atoms with van der Waals surface area (Å²) >= 11 is 0. The Labute approximate surface area is 164 Å². The number of benzene rings is 3. The van der Waals surface area contributed by atoms with Crippen LogP contribution in [0.2, 0.25) is 0 Å². The van der Waals surface area contributed by atoms with E-state index in [-0.39, 0.29) is 11.8 Å². The van der Waals surface area contributed by atoms with E-state index < -0.39 is 6.04 Å². The SMILES string of the molecule is O=C1C(c2ccccc2)N(c2ccccc2)C(=O)C=CN1Cc1ccccc1. The number of hydrogen-bond donors (Lipinski definition) is 0. The van der Waals surface area contributed by atoms with Crippen LogP contribution in [-0.2, 0) is 16.1 Å². The minimum atomic E-state index is -0.727. The van der Waals surface area contributed by atoms with Gasteiger partial charge in [-0.3, -0.25) is 14.5 Å². The summed E-state index contributed by atoms with van der Waals surface area (Å²) in [4.78, 5) is 29.8. The van der Waals surface area contributed by atoms with E-state index in [2.05, 4.69) is 0 Å². The Bertz CT molecular complexity index is 985. The van der Waals surface area contributed by atoms with Gasteiger partial charge in [-0.2, -0.15) is 0 Å². The van der Waals surface area contributed by atoms with Crippen molar-refractivity contribution in [2.24, 2.45) is 0 Å². The van der Waals surface area contributed by atoms with Crippen molar-refractivity contribution in [1.29, 1.82) is 0 Å². The minimum Gasteiger partial charge on any atom is -0.312 e. The minimum absolute atomic E-state index is 0.138. The second kappa shape index (κ2) is 7.92. The van der Waals surface area contributed by atoms with E-state index in [4.69, 9.17) is 0 Å². The summed E-state index contributed by atoms with van der Waals surface area (Å²) in [5, 5.41) is 0. The van der Waals surface area contributed by atoms with Gasteiger partial charge in [-0.25, -0.2) is 0 Å². The summed E-state index contributed by atoms with van der Waals surface area (Å²) in [6, 6.07) is 27.8. The zero-order valence-corrected chi connectivity index (χ0v) is 15.3. The summed E-state index contributed by atoms with van der Waals surface area (Å²) in [7, 11) is 0. The van der Waals surface area contributed by atoms with Crippen molar-refractivity contribution >= 4 is 17.5 Å². The number of hydrogen-bond acceptors (Lipinski definition) is 2. The van der Waals surface area contributed by atoms with Crippen LogP contribution in [0.4, 0.5) is 5.69 Å². The van der Waals surface area contributed by atoms with Gasteiger partial charge in [-0.1, -0.05) is 78.9 Å². The molecule has 0 radical (unpaired) electrons. The smallest absolute Gasteiger partial charge is 0.254 e. The molecule has 1 aliphatic rings. The lowest BCUT2D eigenvalue weighted by molar-refractivity contribution is -0.131. The molecule has 0 saturated carbocycles. The van der Waals surface area contributed by atoms with Gasteiger partial charge in [-0.05, 0) is 23.3 Å². The van der Waals surface area contributed by atoms with Crippen LogP contribution in [0.3, 0.4) is 0 Å². The summed E-state index contributed by atoms with van der Waals surface area (Å²) < 4.78 is 0. The highest BCUT2D eigenvalue weighted by molar-refractivity contribution is 6.08. The zero-order valence-electron chi connectivity index (χ0n) is 15.3. The van der Waals surface area contributed by atoms with Gasteiger partial charge in [0, 0.05) is 18.0 Å². The lowest BCUT2D eigenvalue weighted by Crippen LogP contribution is -2.41. The highest BCUT2D eigenvalue weighted by Gasteiger charge is 2.36. The van der Waals surface area contributed by atoms with Gasteiger partial charge < -0.3 is 4.90 Å². The number of nitrogens with zero attached hydrogens (tertiary/aromatic N) is 2. The van der Waals surface area contributed by atoms with Crippen LogP contribution >= 0.6 is 0 Å². The van der Waals surface area contributed by atoms with Crippen LogP contribution in [0.25, 0.3) is 0 Å². The van der Waals surface area contributed by atoms with Gasteiger partial charge in [0.05, 0.1) is 6.54 Å². The van der Waals surface area contributed by atoms with Crippen molar-refractivity contribution in [3.8, 4) is 0 Å². The molecule has 1 heterocycles.